The molecule has 2 rings (SSSR count). The fourth-order valence-electron chi connectivity index (χ4n) is 2.12. The first kappa shape index (κ1) is 15.0. The van der Waals surface area contributed by atoms with Crippen molar-refractivity contribution < 1.29 is 9.90 Å². The number of carboxylic acid groups (broad SMARTS) is 1. The highest BCUT2D eigenvalue weighted by Gasteiger charge is 2.09. The molecule has 0 aromatic carbocycles. The van der Waals surface area contributed by atoms with Gasteiger partial charge in [0.1, 0.15) is 18.0 Å². The van der Waals surface area contributed by atoms with Crippen LogP contribution < -0.4 is 5.32 Å². The quantitative estimate of drug-likeness (QED) is 0.803. The van der Waals surface area contributed by atoms with Gasteiger partial charge in [-0.25, -0.2) is 15.0 Å². The minimum Gasteiger partial charge on any atom is -0.481 e. The first-order valence-electron chi connectivity index (χ1n) is 6.83. The molecule has 0 aliphatic rings. The van der Waals surface area contributed by atoms with Gasteiger partial charge in [-0.2, -0.15) is 0 Å². The first-order valence-corrected chi connectivity index (χ1v) is 6.83. The Hall–Kier alpha value is -2.44. The Morgan fingerprint density at radius 1 is 1.43 bits per heavy atom. The van der Waals surface area contributed by atoms with Gasteiger partial charge in [-0.15, -0.1) is 0 Å². The van der Waals surface area contributed by atoms with Gasteiger partial charge >= 0.3 is 5.97 Å². The normalized spacial score (nSPS) is 10.8. The zero-order valence-electron chi connectivity index (χ0n) is 12.2. The van der Waals surface area contributed by atoms with Crippen LogP contribution >= 0.6 is 0 Å². The van der Waals surface area contributed by atoms with Crippen LogP contribution in [-0.4, -0.2) is 37.1 Å². The van der Waals surface area contributed by atoms with Crippen LogP contribution in [0.1, 0.15) is 31.2 Å². The fourth-order valence-corrected chi connectivity index (χ4v) is 2.12. The highest BCUT2D eigenvalue weighted by atomic mass is 16.4. The Morgan fingerprint density at radius 3 is 2.95 bits per heavy atom. The zero-order chi connectivity index (χ0) is 15.2. The van der Waals surface area contributed by atoms with E-state index in [0.717, 1.165) is 12.4 Å². The van der Waals surface area contributed by atoms with Crippen LogP contribution in [0, 0.1) is 0 Å². The van der Waals surface area contributed by atoms with E-state index in [1.165, 1.54) is 12.5 Å². The molecule has 0 aliphatic carbocycles. The van der Waals surface area contributed by atoms with E-state index in [0.29, 0.717) is 23.8 Å². The second-order valence-corrected chi connectivity index (χ2v) is 5.03. The summed E-state index contributed by atoms with van der Waals surface area (Å²) in [7, 11) is 0. The van der Waals surface area contributed by atoms with Gasteiger partial charge in [0.05, 0.1) is 6.42 Å². The molecular weight excluding hydrogens is 270 g/mol. The monoisotopic (exact) mass is 289 g/mol. The molecule has 7 heteroatoms. The standard InChI is InChI=1S/C14H19N5O2/c1-10(2)14-17-4-6-19(14)5-3-16-13-11(7-12(20)21)8-15-9-18-13/h4,6,8-10H,3,5,7H2,1-2H3,(H,20,21)(H,15,16,18). The number of aliphatic carboxylic acids is 1. The second kappa shape index (κ2) is 6.83. The van der Waals surface area contributed by atoms with E-state index in [9.17, 15) is 4.79 Å². The summed E-state index contributed by atoms with van der Waals surface area (Å²) >= 11 is 0. The van der Waals surface area contributed by atoms with Crippen molar-refractivity contribution in [3.8, 4) is 0 Å². The number of hydrogen-bond donors (Lipinski definition) is 2. The van der Waals surface area contributed by atoms with E-state index >= 15 is 0 Å². The maximum atomic E-state index is 10.8. The molecule has 0 amide bonds. The molecule has 0 aliphatic heterocycles. The Morgan fingerprint density at radius 2 is 2.24 bits per heavy atom. The van der Waals surface area contributed by atoms with Gasteiger partial charge in [0.15, 0.2) is 0 Å². The third-order valence-corrected chi connectivity index (χ3v) is 3.04. The zero-order valence-corrected chi connectivity index (χ0v) is 12.2. The molecular formula is C14H19N5O2. The highest BCUT2D eigenvalue weighted by molar-refractivity contribution is 5.72. The van der Waals surface area contributed by atoms with Gasteiger partial charge in [-0.05, 0) is 0 Å². The van der Waals surface area contributed by atoms with Crippen LogP contribution in [0.25, 0.3) is 0 Å². The molecule has 0 saturated heterocycles. The maximum Gasteiger partial charge on any atom is 0.308 e. The molecule has 2 heterocycles. The summed E-state index contributed by atoms with van der Waals surface area (Å²) in [6.45, 7) is 5.58. The van der Waals surface area contributed by atoms with Crippen LogP contribution in [0.15, 0.2) is 24.9 Å². The average molecular weight is 289 g/mol. The van der Waals surface area contributed by atoms with Gasteiger partial charge < -0.3 is 15.0 Å². The third kappa shape index (κ3) is 4.01. The molecule has 0 spiro atoms. The van der Waals surface area contributed by atoms with Crippen LogP contribution in [-0.2, 0) is 17.8 Å². The average Bonchev–Trinajstić information content (AvgIpc) is 2.88. The van der Waals surface area contributed by atoms with Crippen molar-refractivity contribution >= 4 is 11.8 Å². The van der Waals surface area contributed by atoms with E-state index in [2.05, 4.69) is 38.7 Å². The van der Waals surface area contributed by atoms with E-state index in [1.807, 2.05) is 6.20 Å². The predicted octanol–water partition coefficient (Wildman–Crippen LogP) is 1.54. The highest BCUT2D eigenvalue weighted by Crippen LogP contribution is 2.13. The van der Waals surface area contributed by atoms with Crippen LogP contribution in [0.3, 0.4) is 0 Å². The van der Waals surface area contributed by atoms with E-state index < -0.39 is 5.97 Å². The lowest BCUT2D eigenvalue weighted by Gasteiger charge is -2.12. The number of carboxylic acids is 1. The van der Waals surface area contributed by atoms with Gasteiger partial charge in [0.2, 0.25) is 0 Å². The molecule has 2 aromatic heterocycles. The summed E-state index contributed by atoms with van der Waals surface area (Å²) in [5.74, 6) is 1.06. The number of imidazole rings is 1. The van der Waals surface area contributed by atoms with Gasteiger partial charge in [0, 0.05) is 43.2 Å². The minimum atomic E-state index is -0.899. The number of carbonyl (C=O) groups is 1. The number of nitrogens with zero attached hydrogens (tertiary/aromatic N) is 4. The predicted molar refractivity (Wildman–Crippen MR) is 78.2 cm³/mol. The summed E-state index contributed by atoms with van der Waals surface area (Å²) in [5, 5.41) is 12.0. The Balaban J connectivity index is 1.97. The molecule has 0 atom stereocenters. The second-order valence-electron chi connectivity index (χ2n) is 5.03. The molecule has 2 aromatic rings. The molecule has 112 valence electrons. The molecule has 21 heavy (non-hydrogen) atoms. The third-order valence-electron chi connectivity index (χ3n) is 3.04. The SMILES string of the molecule is CC(C)c1nccn1CCNc1ncncc1CC(=O)O. The summed E-state index contributed by atoms with van der Waals surface area (Å²) in [6, 6.07) is 0. The van der Waals surface area contributed by atoms with Crippen molar-refractivity contribution in [1.29, 1.82) is 0 Å². The van der Waals surface area contributed by atoms with Crippen molar-refractivity contribution in [2.24, 2.45) is 0 Å². The van der Waals surface area contributed by atoms with Gasteiger partial charge in [-0.3, -0.25) is 4.79 Å². The summed E-state index contributed by atoms with van der Waals surface area (Å²) in [4.78, 5) is 23.1. The van der Waals surface area contributed by atoms with Crippen molar-refractivity contribution in [2.75, 3.05) is 11.9 Å². The number of hydrogen-bond acceptors (Lipinski definition) is 5. The van der Waals surface area contributed by atoms with Crippen molar-refractivity contribution in [2.45, 2.75) is 32.7 Å². The number of rotatable bonds is 7. The molecule has 0 bridgehead atoms. The molecule has 0 radical (unpaired) electrons. The lowest BCUT2D eigenvalue weighted by Crippen LogP contribution is -2.15. The van der Waals surface area contributed by atoms with Gasteiger partial charge in [0.25, 0.3) is 0 Å². The minimum absolute atomic E-state index is 0.0918. The van der Waals surface area contributed by atoms with Crippen molar-refractivity contribution in [3.63, 3.8) is 0 Å². The molecule has 0 unspecified atom stereocenters. The topological polar surface area (TPSA) is 92.9 Å². The molecule has 7 nitrogen and oxygen atoms in total. The number of aromatic nitrogens is 4. The summed E-state index contributed by atoms with van der Waals surface area (Å²) < 4.78 is 2.08. The lowest BCUT2D eigenvalue weighted by atomic mass is 10.2. The molecule has 0 fully saturated rings. The maximum absolute atomic E-state index is 10.8. The van der Waals surface area contributed by atoms with Crippen LogP contribution in [0.2, 0.25) is 0 Å². The number of anilines is 1. The Labute approximate surface area is 123 Å². The van der Waals surface area contributed by atoms with E-state index in [4.69, 9.17) is 5.11 Å². The van der Waals surface area contributed by atoms with Crippen molar-refractivity contribution in [3.05, 3.63) is 36.3 Å². The van der Waals surface area contributed by atoms with Gasteiger partial charge in [-0.1, -0.05) is 13.8 Å². The molecule has 0 saturated carbocycles. The van der Waals surface area contributed by atoms with Crippen molar-refractivity contribution in [1.82, 2.24) is 19.5 Å². The van der Waals surface area contributed by atoms with Crippen LogP contribution in [0.4, 0.5) is 5.82 Å². The summed E-state index contributed by atoms with van der Waals surface area (Å²) in [5.41, 5.74) is 0.583. The Bertz CT molecular complexity index is 609. The summed E-state index contributed by atoms with van der Waals surface area (Å²) in [6.07, 6.45) is 6.57. The fraction of sp³-hybridized carbons (Fsp3) is 0.429. The van der Waals surface area contributed by atoms with E-state index in [-0.39, 0.29) is 6.42 Å². The van der Waals surface area contributed by atoms with E-state index in [1.54, 1.807) is 6.20 Å². The van der Waals surface area contributed by atoms with Crippen LogP contribution in [0.5, 0.6) is 0 Å². The Kier molecular flexibility index (Phi) is 4.86. The largest absolute Gasteiger partial charge is 0.481 e. The molecule has 2 N–H and O–H groups in total. The lowest BCUT2D eigenvalue weighted by molar-refractivity contribution is -0.136. The number of nitrogens with one attached hydrogen (secondary N) is 1. The smallest absolute Gasteiger partial charge is 0.308 e. The first-order chi connectivity index (χ1) is 10.1.